The van der Waals surface area contributed by atoms with Crippen molar-refractivity contribution in [3.05, 3.63) is 51.1 Å². The van der Waals surface area contributed by atoms with Crippen molar-refractivity contribution in [1.29, 1.82) is 0 Å². The fraction of sp³-hybridized carbons (Fsp3) is 0.250. The van der Waals surface area contributed by atoms with Crippen molar-refractivity contribution in [3.8, 4) is 11.5 Å². The summed E-state index contributed by atoms with van der Waals surface area (Å²) in [5.41, 5.74) is 0. The summed E-state index contributed by atoms with van der Waals surface area (Å²) in [4.78, 5) is 0. The van der Waals surface area contributed by atoms with Gasteiger partial charge in [0.15, 0.2) is 0 Å². The van der Waals surface area contributed by atoms with Gasteiger partial charge in [-0.1, -0.05) is 31.9 Å². The molecule has 9 heteroatoms. The lowest BCUT2D eigenvalue weighted by Crippen LogP contribution is -2.12. The summed E-state index contributed by atoms with van der Waals surface area (Å²) in [6.07, 6.45) is 0. The molecular weight excluding hydrogens is 720 g/mol. The lowest BCUT2D eigenvalue weighted by molar-refractivity contribution is 0.0757. The first-order valence-electron chi connectivity index (χ1n) is 7.01. The highest BCUT2D eigenvalue weighted by Gasteiger charge is 2.09. The number of hydrogen-bond donors (Lipinski definition) is 0. The number of halogens is 6. The van der Waals surface area contributed by atoms with Gasteiger partial charge in [-0.3, -0.25) is 0 Å². The van der Waals surface area contributed by atoms with Crippen LogP contribution in [0, 0.1) is 0 Å². The van der Waals surface area contributed by atoms with Crippen molar-refractivity contribution in [2.24, 2.45) is 0 Å². The van der Waals surface area contributed by atoms with Crippen LogP contribution in [-0.2, 0) is 4.74 Å². The lowest BCUT2D eigenvalue weighted by Gasteiger charge is -2.12. The van der Waals surface area contributed by atoms with Crippen LogP contribution in [0.25, 0.3) is 0 Å². The summed E-state index contributed by atoms with van der Waals surface area (Å²) in [7, 11) is 0. The lowest BCUT2D eigenvalue weighted by atomic mass is 10.3. The molecule has 0 amide bonds. The summed E-state index contributed by atoms with van der Waals surface area (Å²) in [6.45, 7) is 1.84. The van der Waals surface area contributed by atoms with E-state index >= 15 is 0 Å². The highest BCUT2D eigenvalue weighted by atomic mass is 79.9. The fourth-order valence-corrected chi connectivity index (χ4v) is 6.82. The van der Waals surface area contributed by atoms with Gasteiger partial charge < -0.3 is 14.2 Å². The molecule has 136 valence electrons. The van der Waals surface area contributed by atoms with Gasteiger partial charge in [0, 0.05) is 8.95 Å². The van der Waals surface area contributed by atoms with Gasteiger partial charge in [-0.25, -0.2) is 0 Å². The summed E-state index contributed by atoms with van der Waals surface area (Å²) < 4.78 is 22.5. The molecule has 0 saturated carbocycles. The molecule has 0 heterocycles. The first-order chi connectivity index (χ1) is 11.9. The summed E-state index contributed by atoms with van der Waals surface area (Å²) in [5, 5.41) is 0. The minimum Gasteiger partial charge on any atom is -0.489 e. The van der Waals surface area contributed by atoms with Crippen molar-refractivity contribution < 1.29 is 14.2 Å². The number of ether oxygens (including phenoxy) is 3. The molecule has 25 heavy (non-hydrogen) atoms. The third kappa shape index (κ3) is 7.08. The Balaban J connectivity index is 1.69. The van der Waals surface area contributed by atoms with Gasteiger partial charge in [-0.05, 0) is 88.0 Å². The van der Waals surface area contributed by atoms with Gasteiger partial charge in [0.2, 0.25) is 0 Å². The second kappa shape index (κ2) is 11.0. The van der Waals surface area contributed by atoms with Gasteiger partial charge in [0.05, 0.1) is 31.1 Å². The van der Waals surface area contributed by atoms with Crippen LogP contribution in [0.4, 0.5) is 0 Å². The van der Waals surface area contributed by atoms with Crippen LogP contribution in [0.1, 0.15) is 0 Å². The molecular formula is C16H12Br6O3. The maximum absolute atomic E-state index is 5.74. The Bertz CT molecular complexity index is 630. The zero-order valence-electron chi connectivity index (χ0n) is 12.6. The third-order valence-electron chi connectivity index (χ3n) is 2.87. The monoisotopic (exact) mass is 726 g/mol. The van der Waals surface area contributed by atoms with E-state index in [1.54, 1.807) is 0 Å². The summed E-state index contributed by atoms with van der Waals surface area (Å²) >= 11 is 20.8. The molecule has 0 aromatic heterocycles. The highest BCUT2D eigenvalue weighted by Crippen LogP contribution is 2.37. The normalized spacial score (nSPS) is 10.8. The molecule has 2 rings (SSSR count). The van der Waals surface area contributed by atoms with Crippen molar-refractivity contribution >= 4 is 95.6 Å². The van der Waals surface area contributed by atoms with Crippen LogP contribution in [0.2, 0.25) is 0 Å². The predicted octanol–water partition coefficient (Wildman–Crippen LogP) is 7.74. The zero-order chi connectivity index (χ0) is 18.4. The molecule has 0 spiro atoms. The zero-order valence-corrected chi connectivity index (χ0v) is 22.1. The van der Waals surface area contributed by atoms with Crippen molar-refractivity contribution in [3.63, 3.8) is 0 Å². The predicted molar refractivity (Wildman–Crippen MR) is 121 cm³/mol. The Morgan fingerprint density at radius 1 is 0.520 bits per heavy atom. The van der Waals surface area contributed by atoms with E-state index in [1.165, 1.54) is 0 Å². The van der Waals surface area contributed by atoms with Gasteiger partial charge >= 0.3 is 0 Å². The van der Waals surface area contributed by atoms with E-state index < -0.39 is 0 Å². The minimum absolute atomic E-state index is 0.449. The second-order valence-corrected chi connectivity index (χ2v) is 9.96. The van der Waals surface area contributed by atoms with Crippen molar-refractivity contribution in [1.82, 2.24) is 0 Å². The number of rotatable bonds is 8. The van der Waals surface area contributed by atoms with E-state index in [1.807, 2.05) is 24.3 Å². The molecule has 0 unspecified atom stereocenters. The Morgan fingerprint density at radius 3 is 1.16 bits per heavy atom. The smallest absolute Gasteiger partial charge is 0.147 e. The van der Waals surface area contributed by atoms with Gasteiger partial charge in [0.1, 0.15) is 24.7 Å². The van der Waals surface area contributed by atoms with E-state index in [9.17, 15) is 0 Å². The first kappa shape index (κ1) is 22.2. The average Bonchev–Trinajstić information content (AvgIpc) is 2.50. The van der Waals surface area contributed by atoms with E-state index in [4.69, 9.17) is 14.2 Å². The largest absolute Gasteiger partial charge is 0.489 e. The Labute approximate surface area is 196 Å². The molecule has 0 bridgehead atoms. The summed E-state index contributed by atoms with van der Waals surface area (Å²) in [6, 6.07) is 7.73. The van der Waals surface area contributed by atoms with Gasteiger partial charge in [-0.15, -0.1) is 0 Å². The molecule has 0 radical (unpaired) electrons. The van der Waals surface area contributed by atoms with Crippen molar-refractivity contribution in [2.75, 3.05) is 26.4 Å². The molecule has 0 atom stereocenters. The van der Waals surface area contributed by atoms with Crippen LogP contribution in [0.3, 0.4) is 0 Å². The highest BCUT2D eigenvalue weighted by molar-refractivity contribution is 9.12. The Kier molecular flexibility index (Phi) is 9.77. The van der Waals surface area contributed by atoms with Gasteiger partial charge in [-0.2, -0.15) is 0 Å². The average molecular weight is 732 g/mol. The van der Waals surface area contributed by atoms with Crippen LogP contribution in [0.5, 0.6) is 11.5 Å². The number of benzene rings is 2. The first-order valence-corrected chi connectivity index (χ1v) is 11.8. The van der Waals surface area contributed by atoms with Crippen LogP contribution in [-0.4, -0.2) is 26.4 Å². The molecule has 3 nitrogen and oxygen atoms in total. The molecule has 0 aliphatic heterocycles. The third-order valence-corrected chi connectivity index (χ3v) is 6.15. The van der Waals surface area contributed by atoms with Crippen molar-refractivity contribution in [2.45, 2.75) is 0 Å². The molecule has 0 N–H and O–H groups in total. The second-order valence-electron chi connectivity index (χ2n) is 4.71. The molecule has 2 aromatic rings. The van der Waals surface area contributed by atoms with Crippen LogP contribution in [0.15, 0.2) is 51.1 Å². The molecule has 0 fully saturated rings. The maximum Gasteiger partial charge on any atom is 0.147 e. The molecule has 2 aromatic carbocycles. The molecule has 0 saturated heterocycles. The van der Waals surface area contributed by atoms with E-state index in [-0.39, 0.29) is 0 Å². The molecule has 0 aliphatic rings. The topological polar surface area (TPSA) is 27.7 Å². The van der Waals surface area contributed by atoms with Gasteiger partial charge in [0.25, 0.3) is 0 Å². The Morgan fingerprint density at radius 2 is 0.840 bits per heavy atom. The summed E-state index contributed by atoms with van der Waals surface area (Å²) in [5.74, 6) is 1.51. The Hall–Kier alpha value is 0.880. The SMILES string of the molecule is Brc1cc(Br)c(OCCOCCOc2c(Br)cc(Br)cc2Br)c(Br)c1. The quantitative estimate of drug-likeness (QED) is 0.260. The van der Waals surface area contributed by atoms with E-state index in [0.717, 1.165) is 38.3 Å². The van der Waals surface area contributed by atoms with Crippen LogP contribution < -0.4 is 9.47 Å². The van der Waals surface area contributed by atoms with E-state index in [2.05, 4.69) is 95.6 Å². The fourth-order valence-electron chi connectivity index (χ4n) is 1.84. The minimum atomic E-state index is 0.449. The van der Waals surface area contributed by atoms with Crippen LogP contribution >= 0.6 is 95.6 Å². The molecule has 0 aliphatic carbocycles. The van der Waals surface area contributed by atoms with E-state index in [0.29, 0.717) is 26.4 Å². The standard InChI is InChI=1S/C16H12Br6O3/c17-9-5-11(19)15(12(20)6-9)24-3-1-23-2-4-25-16-13(21)7-10(18)8-14(16)22/h5-8H,1-4H2. The maximum atomic E-state index is 5.74. The number of hydrogen-bond acceptors (Lipinski definition) is 3.